The van der Waals surface area contributed by atoms with Crippen LogP contribution in [0.25, 0.3) is 0 Å². The first kappa shape index (κ1) is 24.1. The maximum atomic E-state index is 13.3. The summed E-state index contributed by atoms with van der Waals surface area (Å²) in [7, 11) is 1.79. The third-order valence-corrected chi connectivity index (χ3v) is 8.73. The van der Waals surface area contributed by atoms with E-state index in [0.717, 1.165) is 35.8 Å². The zero-order valence-corrected chi connectivity index (χ0v) is 21.2. The Bertz CT molecular complexity index is 961. The van der Waals surface area contributed by atoms with E-state index < -0.39 is 0 Å². The maximum absolute atomic E-state index is 13.3. The largest absolute Gasteiger partial charge is 0.461 e. The summed E-state index contributed by atoms with van der Waals surface area (Å²) in [6, 6.07) is 0.645. The smallest absolute Gasteiger partial charge is 0.356 e. The van der Waals surface area contributed by atoms with Gasteiger partial charge in [-0.05, 0) is 63.1 Å². The van der Waals surface area contributed by atoms with Crippen molar-refractivity contribution < 1.29 is 14.3 Å². The summed E-state index contributed by atoms with van der Waals surface area (Å²) >= 11 is 2.84. The fraction of sp³-hybridized carbons (Fsp3) is 0.652. The van der Waals surface area contributed by atoms with E-state index in [0.29, 0.717) is 34.7 Å². The van der Waals surface area contributed by atoms with E-state index in [4.69, 9.17) is 4.74 Å². The number of urea groups is 1. The van der Waals surface area contributed by atoms with Crippen molar-refractivity contribution in [3.8, 4) is 0 Å². The van der Waals surface area contributed by atoms with Crippen molar-refractivity contribution in [1.82, 2.24) is 19.4 Å². The zero-order valence-electron chi connectivity index (χ0n) is 19.6. The van der Waals surface area contributed by atoms with E-state index in [1.807, 2.05) is 0 Å². The molecule has 33 heavy (non-hydrogen) atoms. The van der Waals surface area contributed by atoms with Crippen molar-refractivity contribution in [2.45, 2.75) is 86.7 Å². The molecule has 0 aromatic carbocycles. The maximum Gasteiger partial charge on any atom is 0.356 e. The number of hydrogen-bond acceptors (Lipinski definition) is 7. The fourth-order valence-electron chi connectivity index (χ4n) is 4.83. The van der Waals surface area contributed by atoms with Gasteiger partial charge in [-0.1, -0.05) is 31.1 Å². The predicted octanol–water partition coefficient (Wildman–Crippen LogP) is 5.56. The van der Waals surface area contributed by atoms with Gasteiger partial charge in [0, 0.05) is 19.1 Å². The van der Waals surface area contributed by atoms with Gasteiger partial charge in [0.2, 0.25) is 0 Å². The highest BCUT2D eigenvalue weighted by Crippen LogP contribution is 2.36. The van der Waals surface area contributed by atoms with E-state index in [-0.39, 0.29) is 12.0 Å². The van der Waals surface area contributed by atoms with Gasteiger partial charge in [0.05, 0.1) is 23.2 Å². The van der Waals surface area contributed by atoms with Crippen LogP contribution in [0.4, 0.5) is 9.93 Å². The van der Waals surface area contributed by atoms with Gasteiger partial charge in [-0.2, -0.15) is 0 Å². The number of ether oxygens (including phenoxy) is 1. The van der Waals surface area contributed by atoms with Gasteiger partial charge in [-0.3, -0.25) is 5.32 Å². The molecule has 0 aliphatic heterocycles. The molecule has 0 bridgehead atoms. The van der Waals surface area contributed by atoms with E-state index >= 15 is 0 Å². The van der Waals surface area contributed by atoms with Gasteiger partial charge in [-0.25, -0.2) is 19.6 Å². The highest BCUT2D eigenvalue weighted by molar-refractivity contribution is 8.01. The molecule has 0 saturated heterocycles. The van der Waals surface area contributed by atoms with E-state index in [2.05, 4.69) is 27.1 Å². The number of imidazole rings is 1. The summed E-state index contributed by atoms with van der Waals surface area (Å²) in [5.41, 5.74) is 0.409. The summed E-state index contributed by atoms with van der Waals surface area (Å²) < 4.78 is 7.68. The van der Waals surface area contributed by atoms with Crippen LogP contribution in [0.15, 0.2) is 21.8 Å². The number of rotatable bonds is 7. The van der Waals surface area contributed by atoms with Crippen molar-refractivity contribution in [2.24, 2.45) is 13.0 Å². The highest BCUT2D eigenvalue weighted by Gasteiger charge is 2.34. The number of amides is 2. The van der Waals surface area contributed by atoms with Crippen LogP contribution in [-0.4, -0.2) is 50.1 Å². The Morgan fingerprint density at radius 1 is 1.15 bits per heavy atom. The lowest BCUT2D eigenvalue weighted by Gasteiger charge is -2.39. The van der Waals surface area contributed by atoms with Gasteiger partial charge in [-0.15, -0.1) is 0 Å². The van der Waals surface area contributed by atoms with Crippen LogP contribution in [0.1, 0.15) is 75.7 Å². The summed E-state index contributed by atoms with van der Waals surface area (Å²) in [6.07, 6.45) is 12.4. The summed E-state index contributed by atoms with van der Waals surface area (Å²) in [5.74, 6) is 0.365. The molecule has 0 spiro atoms. The summed E-state index contributed by atoms with van der Waals surface area (Å²) in [4.78, 5) is 36.3. The third kappa shape index (κ3) is 5.71. The van der Waals surface area contributed by atoms with Crippen LogP contribution < -0.4 is 5.32 Å². The molecule has 0 radical (unpaired) electrons. The summed E-state index contributed by atoms with van der Waals surface area (Å²) in [5, 5.41) is 4.33. The van der Waals surface area contributed by atoms with Gasteiger partial charge < -0.3 is 14.2 Å². The number of esters is 1. The van der Waals surface area contributed by atoms with Crippen LogP contribution in [0.2, 0.25) is 0 Å². The van der Waals surface area contributed by atoms with E-state index in [1.54, 1.807) is 24.7 Å². The topological polar surface area (TPSA) is 89.3 Å². The van der Waals surface area contributed by atoms with Crippen molar-refractivity contribution >= 4 is 40.2 Å². The minimum absolute atomic E-state index is 0.0195. The minimum atomic E-state index is -0.388. The molecule has 2 fully saturated rings. The number of nitrogens with one attached hydrogen (secondary N) is 1. The number of anilines is 1. The van der Waals surface area contributed by atoms with Crippen molar-refractivity contribution in [2.75, 3.05) is 11.9 Å². The van der Waals surface area contributed by atoms with Gasteiger partial charge >= 0.3 is 12.0 Å². The lowest BCUT2D eigenvalue weighted by molar-refractivity contribution is 0.0514. The first-order chi connectivity index (χ1) is 16.0. The van der Waals surface area contributed by atoms with Gasteiger partial charge in [0.15, 0.2) is 10.3 Å². The van der Waals surface area contributed by atoms with Crippen molar-refractivity contribution in [3.05, 3.63) is 18.1 Å². The lowest BCUT2D eigenvalue weighted by Crippen LogP contribution is -2.49. The second-order valence-corrected chi connectivity index (χ2v) is 11.3. The summed E-state index contributed by atoms with van der Waals surface area (Å²) in [6.45, 7) is 4.41. The SMILES string of the molecule is CCOC(=O)c1cnc(Sc2cnc(NC(=O)N(C3CCCC3)C3CCC(C)CC3)s2)n1C. The minimum Gasteiger partial charge on any atom is -0.461 e. The Hall–Kier alpha value is -2.07. The molecule has 0 unspecified atom stereocenters. The van der Waals surface area contributed by atoms with Crippen LogP contribution in [0, 0.1) is 5.92 Å². The molecule has 2 amide bonds. The van der Waals surface area contributed by atoms with Gasteiger partial charge in [0.25, 0.3) is 0 Å². The Morgan fingerprint density at radius 2 is 1.85 bits per heavy atom. The normalized spacial score (nSPS) is 21.2. The molecule has 2 aliphatic rings. The number of carbonyl (C=O) groups excluding carboxylic acids is 2. The molecule has 8 nitrogen and oxygen atoms in total. The standard InChI is InChI=1S/C23H33N5O3S2/c1-4-31-20(29)18-13-25-23(27(18)3)33-19-14-24-21(32-19)26-22(30)28(16-7-5-6-8-16)17-11-9-15(2)10-12-17/h13-17H,4-12H2,1-3H3,(H,24,26,30). The monoisotopic (exact) mass is 491 g/mol. The molecular formula is C23H33N5O3S2. The molecule has 180 valence electrons. The molecule has 2 aromatic heterocycles. The molecule has 2 aromatic rings. The first-order valence-electron chi connectivity index (χ1n) is 11.9. The molecule has 1 N–H and O–H groups in total. The van der Waals surface area contributed by atoms with Crippen molar-refractivity contribution in [3.63, 3.8) is 0 Å². The fourth-order valence-corrected chi connectivity index (χ4v) is 6.62. The molecule has 2 aliphatic carbocycles. The van der Waals surface area contributed by atoms with E-state index in [9.17, 15) is 9.59 Å². The average Bonchev–Trinajstić information content (AvgIpc) is 3.54. The Kier molecular flexibility index (Phi) is 7.95. The highest BCUT2D eigenvalue weighted by atomic mass is 32.2. The van der Waals surface area contributed by atoms with Crippen molar-refractivity contribution in [1.29, 1.82) is 0 Å². The van der Waals surface area contributed by atoms with Crippen LogP contribution in [0.3, 0.4) is 0 Å². The quantitative estimate of drug-likeness (QED) is 0.510. The van der Waals surface area contributed by atoms with Gasteiger partial charge in [0.1, 0.15) is 5.69 Å². The molecule has 2 saturated carbocycles. The Balaban J connectivity index is 1.41. The van der Waals surface area contributed by atoms with Crippen LogP contribution in [0.5, 0.6) is 0 Å². The molecule has 2 heterocycles. The molecule has 4 rings (SSSR count). The van der Waals surface area contributed by atoms with Crippen LogP contribution >= 0.6 is 23.1 Å². The van der Waals surface area contributed by atoms with E-state index in [1.165, 1.54) is 55.0 Å². The Morgan fingerprint density at radius 3 is 2.55 bits per heavy atom. The second kappa shape index (κ2) is 10.9. The van der Waals surface area contributed by atoms with Crippen LogP contribution in [-0.2, 0) is 11.8 Å². The molecular weight excluding hydrogens is 458 g/mol. The zero-order chi connectivity index (χ0) is 23.4. The number of nitrogens with zero attached hydrogens (tertiary/aromatic N) is 4. The third-order valence-electron chi connectivity index (χ3n) is 6.65. The number of carbonyl (C=O) groups is 2. The molecule has 10 heteroatoms. The number of hydrogen-bond donors (Lipinski definition) is 1. The first-order valence-corrected chi connectivity index (χ1v) is 13.5. The second-order valence-electron chi connectivity index (χ2n) is 8.98. The average molecular weight is 492 g/mol. The Labute approximate surface area is 203 Å². The molecule has 0 atom stereocenters. The lowest BCUT2D eigenvalue weighted by atomic mass is 9.86. The number of thiazole rings is 1. The predicted molar refractivity (Wildman–Crippen MR) is 130 cm³/mol. The number of aromatic nitrogens is 3.